The first-order valence-electron chi connectivity index (χ1n) is 8.03. The number of aldehydes is 1. The molecule has 1 aliphatic rings. The molecular weight excluding hydrogens is 328 g/mol. The Labute approximate surface area is 143 Å². The second-order valence-electron chi connectivity index (χ2n) is 7.27. The number of carbonyl (C=O) groups is 1. The highest BCUT2D eigenvalue weighted by Gasteiger charge is 2.28. The van der Waals surface area contributed by atoms with E-state index in [1.54, 1.807) is 4.90 Å². The van der Waals surface area contributed by atoms with Crippen molar-refractivity contribution in [2.45, 2.75) is 45.7 Å². The molecular formula is C18H23F2NO2Si. The van der Waals surface area contributed by atoms with E-state index in [1.807, 2.05) is 33.5 Å². The highest BCUT2D eigenvalue weighted by atomic mass is 28.3. The summed E-state index contributed by atoms with van der Waals surface area (Å²) in [6.45, 7) is 10.6. The molecule has 0 amide bonds. The summed E-state index contributed by atoms with van der Waals surface area (Å²) in [7, 11) is -1.74. The number of hydrogen-bond donors (Lipinski definition) is 0. The highest BCUT2D eigenvalue weighted by molar-refractivity contribution is 6.83. The van der Waals surface area contributed by atoms with E-state index in [2.05, 4.69) is 11.5 Å². The van der Waals surface area contributed by atoms with Gasteiger partial charge in [-0.05, 0) is 19.9 Å². The molecule has 0 aliphatic carbocycles. The normalized spacial score (nSPS) is 21.2. The van der Waals surface area contributed by atoms with Gasteiger partial charge in [-0.2, -0.15) is 0 Å². The first-order chi connectivity index (χ1) is 11.1. The minimum absolute atomic E-state index is 0.00283. The summed E-state index contributed by atoms with van der Waals surface area (Å²) in [4.78, 5) is 13.1. The summed E-state index contributed by atoms with van der Waals surface area (Å²) >= 11 is 0. The lowest BCUT2D eigenvalue weighted by Crippen LogP contribution is -2.46. The molecule has 130 valence electrons. The highest BCUT2D eigenvalue weighted by Crippen LogP contribution is 2.30. The lowest BCUT2D eigenvalue weighted by Gasteiger charge is -2.37. The van der Waals surface area contributed by atoms with Gasteiger partial charge in [0.1, 0.15) is 8.07 Å². The van der Waals surface area contributed by atoms with E-state index in [0.717, 1.165) is 0 Å². The van der Waals surface area contributed by atoms with Crippen molar-refractivity contribution in [2.75, 3.05) is 18.0 Å². The minimum Gasteiger partial charge on any atom is -0.372 e. The standard InChI is InChI=1S/C18H23F2NO2Si/c1-12-9-21(10-13(2)23-12)18-15(11-22)8-14(16(19)17(18)20)6-7-24(3,4)5/h8,11-13H,9-10H2,1-5H3. The van der Waals surface area contributed by atoms with Crippen molar-refractivity contribution < 1.29 is 18.3 Å². The van der Waals surface area contributed by atoms with Gasteiger partial charge in [-0.1, -0.05) is 25.6 Å². The fourth-order valence-electron chi connectivity index (χ4n) is 2.75. The van der Waals surface area contributed by atoms with Crippen molar-refractivity contribution in [1.29, 1.82) is 0 Å². The van der Waals surface area contributed by atoms with Gasteiger partial charge in [-0.15, -0.1) is 5.54 Å². The SMILES string of the molecule is CC1CN(c2c(C=O)cc(C#C[Si](C)(C)C)c(F)c2F)CC(C)O1. The van der Waals surface area contributed by atoms with E-state index < -0.39 is 19.7 Å². The maximum atomic E-state index is 14.7. The van der Waals surface area contributed by atoms with Crippen LogP contribution in [0.5, 0.6) is 0 Å². The van der Waals surface area contributed by atoms with Crippen LogP contribution in [0.15, 0.2) is 6.07 Å². The molecule has 1 aromatic carbocycles. The summed E-state index contributed by atoms with van der Waals surface area (Å²) in [5.74, 6) is 0.705. The fraction of sp³-hybridized carbons (Fsp3) is 0.500. The van der Waals surface area contributed by atoms with E-state index in [-0.39, 0.29) is 29.0 Å². The molecule has 6 heteroatoms. The van der Waals surface area contributed by atoms with Crippen LogP contribution >= 0.6 is 0 Å². The van der Waals surface area contributed by atoms with Crippen molar-refractivity contribution in [3.8, 4) is 11.5 Å². The molecule has 1 fully saturated rings. The zero-order chi connectivity index (χ0) is 18.1. The Morgan fingerprint density at radius 2 is 1.79 bits per heavy atom. The van der Waals surface area contributed by atoms with Crippen LogP contribution in [0.25, 0.3) is 0 Å². The third-order valence-electron chi connectivity index (χ3n) is 3.65. The van der Waals surface area contributed by atoms with Gasteiger partial charge < -0.3 is 9.64 Å². The van der Waals surface area contributed by atoms with Crippen molar-refractivity contribution in [2.24, 2.45) is 0 Å². The molecule has 2 atom stereocenters. The Bertz CT molecular complexity index is 694. The number of benzene rings is 1. The van der Waals surface area contributed by atoms with E-state index in [0.29, 0.717) is 19.4 Å². The van der Waals surface area contributed by atoms with Crippen molar-refractivity contribution in [1.82, 2.24) is 0 Å². The quantitative estimate of drug-likeness (QED) is 0.463. The van der Waals surface area contributed by atoms with Crippen LogP contribution < -0.4 is 4.90 Å². The topological polar surface area (TPSA) is 29.5 Å². The van der Waals surface area contributed by atoms with Crippen LogP contribution in [0.1, 0.15) is 29.8 Å². The maximum absolute atomic E-state index is 14.7. The fourth-order valence-corrected chi connectivity index (χ4v) is 3.26. The van der Waals surface area contributed by atoms with Gasteiger partial charge in [0.05, 0.1) is 23.5 Å². The van der Waals surface area contributed by atoms with Gasteiger partial charge in [0.15, 0.2) is 17.9 Å². The molecule has 2 unspecified atom stereocenters. The maximum Gasteiger partial charge on any atom is 0.184 e. The van der Waals surface area contributed by atoms with Gasteiger partial charge in [-0.3, -0.25) is 4.79 Å². The molecule has 0 aromatic heterocycles. The van der Waals surface area contributed by atoms with Crippen LogP contribution in [-0.4, -0.2) is 39.7 Å². The molecule has 24 heavy (non-hydrogen) atoms. The third-order valence-corrected chi connectivity index (χ3v) is 4.52. The van der Waals surface area contributed by atoms with Crippen molar-refractivity contribution in [3.05, 3.63) is 28.8 Å². The molecule has 1 aliphatic heterocycles. The molecule has 0 saturated carbocycles. The lowest BCUT2D eigenvalue weighted by atomic mass is 10.1. The van der Waals surface area contributed by atoms with Gasteiger partial charge >= 0.3 is 0 Å². The number of hydrogen-bond acceptors (Lipinski definition) is 3. The molecule has 1 saturated heterocycles. The Hall–Kier alpha value is -1.71. The predicted octanol–water partition coefficient (Wildman–Crippen LogP) is 3.62. The van der Waals surface area contributed by atoms with E-state index in [4.69, 9.17) is 4.74 Å². The van der Waals surface area contributed by atoms with Crippen LogP contribution in [0.4, 0.5) is 14.5 Å². The Balaban J connectivity index is 2.52. The zero-order valence-corrected chi connectivity index (χ0v) is 15.7. The number of morpholine rings is 1. The Morgan fingerprint density at radius 1 is 1.21 bits per heavy atom. The van der Waals surface area contributed by atoms with Gasteiger partial charge in [0.2, 0.25) is 0 Å². The van der Waals surface area contributed by atoms with E-state index in [1.165, 1.54) is 6.07 Å². The summed E-state index contributed by atoms with van der Waals surface area (Å²) < 4.78 is 34.8. The summed E-state index contributed by atoms with van der Waals surface area (Å²) in [6, 6.07) is 1.35. The molecule has 1 heterocycles. The smallest absolute Gasteiger partial charge is 0.184 e. The number of nitrogens with zero attached hydrogens (tertiary/aromatic N) is 1. The minimum atomic E-state index is -1.74. The number of halogens is 2. The molecule has 2 rings (SSSR count). The number of ether oxygens (including phenoxy) is 1. The number of rotatable bonds is 2. The molecule has 1 aromatic rings. The second-order valence-corrected chi connectivity index (χ2v) is 12.0. The molecule has 0 bridgehead atoms. The molecule has 0 radical (unpaired) electrons. The van der Waals surface area contributed by atoms with E-state index >= 15 is 0 Å². The van der Waals surface area contributed by atoms with Crippen LogP contribution in [-0.2, 0) is 4.74 Å². The predicted molar refractivity (Wildman–Crippen MR) is 94.2 cm³/mol. The monoisotopic (exact) mass is 351 g/mol. The first kappa shape index (κ1) is 18.6. The van der Waals surface area contributed by atoms with E-state index in [9.17, 15) is 13.6 Å². The van der Waals surface area contributed by atoms with Crippen LogP contribution in [0.3, 0.4) is 0 Å². The van der Waals surface area contributed by atoms with Crippen molar-refractivity contribution >= 4 is 20.0 Å². The summed E-state index contributed by atoms with van der Waals surface area (Å²) in [5, 5.41) is 0. The third kappa shape index (κ3) is 4.22. The number of carbonyl (C=O) groups excluding carboxylic acids is 1. The van der Waals surface area contributed by atoms with Gasteiger partial charge in [0.25, 0.3) is 0 Å². The van der Waals surface area contributed by atoms with Gasteiger partial charge in [-0.25, -0.2) is 8.78 Å². The van der Waals surface area contributed by atoms with Gasteiger partial charge in [0, 0.05) is 18.7 Å². The molecule has 0 spiro atoms. The largest absolute Gasteiger partial charge is 0.372 e. The molecule has 3 nitrogen and oxygen atoms in total. The Morgan fingerprint density at radius 3 is 2.29 bits per heavy atom. The second kappa shape index (κ2) is 7.04. The Kier molecular flexibility index (Phi) is 5.46. The average Bonchev–Trinajstić information content (AvgIpc) is 2.46. The lowest BCUT2D eigenvalue weighted by molar-refractivity contribution is -0.00547. The summed E-state index contributed by atoms with van der Waals surface area (Å²) in [6.07, 6.45) is 0.312. The van der Waals surface area contributed by atoms with Crippen LogP contribution in [0.2, 0.25) is 19.6 Å². The van der Waals surface area contributed by atoms with Crippen LogP contribution in [0, 0.1) is 23.1 Å². The van der Waals surface area contributed by atoms with Crippen molar-refractivity contribution in [3.63, 3.8) is 0 Å². The summed E-state index contributed by atoms with van der Waals surface area (Å²) in [5.41, 5.74) is 3.07. The average molecular weight is 351 g/mol. The first-order valence-corrected chi connectivity index (χ1v) is 11.5. The zero-order valence-electron chi connectivity index (χ0n) is 14.7. The molecule has 0 N–H and O–H groups in total. The number of anilines is 1.